The fourth-order valence-electron chi connectivity index (χ4n) is 4.17. The lowest BCUT2D eigenvalue weighted by Crippen LogP contribution is -2.02. The first-order valence-corrected chi connectivity index (χ1v) is 9.23. The smallest absolute Gasteiger partial charge is 0.00678 e. The van der Waals surface area contributed by atoms with Crippen molar-refractivity contribution in [2.75, 3.05) is 0 Å². The van der Waals surface area contributed by atoms with Crippen LogP contribution in [0, 0.1) is 0 Å². The predicted molar refractivity (Wildman–Crippen MR) is 112 cm³/mol. The zero-order valence-corrected chi connectivity index (χ0v) is 14.6. The molecule has 0 heterocycles. The van der Waals surface area contributed by atoms with Gasteiger partial charge in [0.05, 0.1) is 0 Å². The van der Waals surface area contributed by atoms with Crippen LogP contribution in [0.2, 0.25) is 0 Å². The number of rotatable bonds is 2. The Kier molecular flexibility index (Phi) is 3.68. The molecule has 0 nitrogen and oxygen atoms in total. The molecule has 0 aliphatic heterocycles. The molecule has 124 valence electrons. The third-order valence-electron chi connectivity index (χ3n) is 5.44. The van der Waals surface area contributed by atoms with E-state index in [1.807, 2.05) is 0 Å². The van der Waals surface area contributed by atoms with Gasteiger partial charge in [0.25, 0.3) is 0 Å². The molecule has 26 heavy (non-hydrogen) atoms. The largest absolute Gasteiger partial charge is 0.0766 e. The highest BCUT2D eigenvalue weighted by Gasteiger charge is 2.18. The summed E-state index contributed by atoms with van der Waals surface area (Å²) in [4.78, 5) is 0. The third kappa shape index (κ3) is 2.55. The van der Waals surface area contributed by atoms with E-state index < -0.39 is 0 Å². The van der Waals surface area contributed by atoms with E-state index >= 15 is 0 Å². The average molecular weight is 332 g/mol. The van der Waals surface area contributed by atoms with Crippen molar-refractivity contribution in [2.45, 2.75) is 12.3 Å². The van der Waals surface area contributed by atoms with Crippen molar-refractivity contribution in [3.05, 3.63) is 114 Å². The fourth-order valence-corrected chi connectivity index (χ4v) is 4.17. The van der Waals surface area contributed by atoms with Crippen LogP contribution in [-0.4, -0.2) is 0 Å². The summed E-state index contributed by atoms with van der Waals surface area (Å²) in [5.41, 5.74) is 4.20. The number of hydrogen-bond acceptors (Lipinski definition) is 0. The summed E-state index contributed by atoms with van der Waals surface area (Å²) in [5, 5.41) is 5.33. The van der Waals surface area contributed by atoms with Gasteiger partial charge in [0.15, 0.2) is 0 Å². The quantitative estimate of drug-likeness (QED) is 0.366. The van der Waals surface area contributed by atoms with Gasteiger partial charge in [-0.05, 0) is 44.7 Å². The Hall–Kier alpha value is -3.12. The van der Waals surface area contributed by atoms with E-state index in [0.717, 1.165) is 6.42 Å². The minimum absolute atomic E-state index is 0.417. The Balaban J connectivity index is 1.58. The number of hydrogen-bond donors (Lipinski definition) is 0. The Morgan fingerprint density at radius 1 is 0.615 bits per heavy atom. The Morgan fingerprint density at radius 3 is 2.12 bits per heavy atom. The molecule has 0 bridgehead atoms. The number of allylic oxidation sites excluding steroid dienone is 4. The fraction of sp³-hybridized carbons (Fsp3) is 0.0769. The van der Waals surface area contributed by atoms with Crippen molar-refractivity contribution in [1.29, 1.82) is 0 Å². The first-order chi connectivity index (χ1) is 12.9. The second-order valence-electron chi connectivity index (χ2n) is 6.98. The molecule has 1 aliphatic carbocycles. The summed E-state index contributed by atoms with van der Waals surface area (Å²) >= 11 is 0. The Morgan fingerprint density at radius 2 is 1.27 bits per heavy atom. The van der Waals surface area contributed by atoms with Gasteiger partial charge in [0.2, 0.25) is 0 Å². The normalized spacial score (nSPS) is 16.8. The van der Waals surface area contributed by atoms with Crippen molar-refractivity contribution in [1.82, 2.24) is 0 Å². The first-order valence-electron chi connectivity index (χ1n) is 9.23. The maximum Gasteiger partial charge on any atom is 0.00678 e. The van der Waals surface area contributed by atoms with Gasteiger partial charge >= 0.3 is 0 Å². The topological polar surface area (TPSA) is 0 Å². The van der Waals surface area contributed by atoms with Crippen LogP contribution >= 0.6 is 0 Å². The lowest BCUT2D eigenvalue weighted by atomic mass is 9.82. The van der Waals surface area contributed by atoms with Crippen molar-refractivity contribution >= 4 is 27.1 Å². The van der Waals surface area contributed by atoms with Gasteiger partial charge in [-0.25, -0.2) is 0 Å². The molecule has 0 spiro atoms. The zero-order valence-electron chi connectivity index (χ0n) is 14.6. The van der Waals surface area contributed by atoms with Gasteiger partial charge in [-0.2, -0.15) is 0 Å². The van der Waals surface area contributed by atoms with Gasteiger partial charge in [0, 0.05) is 5.92 Å². The summed E-state index contributed by atoms with van der Waals surface area (Å²) < 4.78 is 0. The summed E-state index contributed by atoms with van der Waals surface area (Å²) in [6, 6.07) is 30.7. The molecule has 0 heteroatoms. The second-order valence-corrected chi connectivity index (χ2v) is 6.98. The maximum atomic E-state index is 2.34. The predicted octanol–water partition coefficient (Wildman–Crippen LogP) is 7.12. The molecule has 4 aromatic carbocycles. The monoisotopic (exact) mass is 332 g/mol. The van der Waals surface area contributed by atoms with Gasteiger partial charge in [-0.15, -0.1) is 0 Å². The summed E-state index contributed by atoms with van der Waals surface area (Å²) in [5.74, 6) is 0.417. The van der Waals surface area contributed by atoms with Crippen LogP contribution in [0.1, 0.15) is 23.5 Å². The minimum Gasteiger partial charge on any atom is -0.0766 e. The van der Waals surface area contributed by atoms with Crippen molar-refractivity contribution in [2.24, 2.45) is 0 Å². The van der Waals surface area contributed by atoms with E-state index in [0.29, 0.717) is 5.92 Å². The lowest BCUT2D eigenvalue weighted by molar-refractivity contribution is 0.877. The SMILES string of the molecule is C1=CC(c2cccc3ccccc23)CC(c2cccc3ccccc23)=C1. The molecule has 0 saturated carbocycles. The van der Waals surface area contributed by atoms with Crippen LogP contribution in [0.3, 0.4) is 0 Å². The summed E-state index contributed by atoms with van der Waals surface area (Å²) in [6.07, 6.45) is 7.89. The highest BCUT2D eigenvalue weighted by molar-refractivity contribution is 5.95. The van der Waals surface area contributed by atoms with Crippen LogP contribution in [-0.2, 0) is 0 Å². The Bertz CT molecular complexity index is 1150. The average Bonchev–Trinajstić information content (AvgIpc) is 2.73. The molecule has 1 aliphatic rings. The number of benzene rings is 4. The molecule has 0 aromatic heterocycles. The van der Waals surface area contributed by atoms with E-state index in [-0.39, 0.29) is 0 Å². The van der Waals surface area contributed by atoms with Crippen molar-refractivity contribution in [3.63, 3.8) is 0 Å². The van der Waals surface area contributed by atoms with Crippen LogP contribution in [0.5, 0.6) is 0 Å². The van der Waals surface area contributed by atoms with Gasteiger partial charge in [0.1, 0.15) is 0 Å². The standard InChI is InChI=1S/C26H20/c1-3-14-23-19(8-1)10-6-16-25(23)21-12-5-13-22(18-21)26-17-7-11-20-9-2-4-15-24(20)26/h1-17,21H,18H2. The van der Waals surface area contributed by atoms with Crippen LogP contribution < -0.4 is 0 Å². The molecule has 0 saturated heterocycles. The first kappa shape index (κ1) is 15.2. The van der Waals surface area contributed by atoms with Crippen LogP contribution in [0.4, 0.5) is 0 Å². The zero-order chi connectivity index (χ0) is 17.3. The Labute approximate surface area is 154 Å². The van der Waals surface area contributed by atoms with Crippen molar-refractivity contribution in [3.8, 4) is 0 Å². The molecule has 1 atom stereocenters. The molecular weight excluding hydrogens is 312 g/mol. The van der Waals surface area contributed by atoms with Gasteiger partial charge in [-0.1, -0.05) is 103 Å². The van der Waals surface area contributed by atoms with Crippen LogP contribution in [0.25, 0.3) is 27.1 Å². The van der Waals surface area contributed by atoms with Crippen LogP contribution in [0.15, 0.2) is 103 Å². The molecule has 0 N–H and O–H groups in total. The highest BCUT2D eigenvalue weighted by atomic mass is 14.2. The second kappa shape index (κ2) is 6.31. The molecule has 0 fully saturated rings. The number of fused-ring (bicyclic) bond motifs is 2. The third-order valence-corrected chi connectivity index (χ3v) is 5.44. The molecule has 1 unspecified atom stereocenters. The summed E-state index contributed by atoms with van der Waals surface area (Å²) in [7, 11) is 0. The van der Waals surface area contributed by atoms with E-state index in [4.69, 9.17) is 0 Å². The summed E-state index contributed by atoms with van der Waals surface area (Å²) in [6.45, 7) is 0. The van der Waals surface area contributed by atoms with E-state index in [1.165, 1.54) is 38.2 Å². The van der Waals surface area contributed by atoms with E-state index in [9.17, 15) is 0 Å². The van der Waals surface area contributed by atoms with Crippen molar-refractivity contribution < 1.29 is 0 Å². The molecular formula is C26H20. The van der Waals surface area contributed by atoms with Gasteiger partial charge in [-0.3, -0.25) is 0 Å². The molecule has 5 rings (SSSR count). The lowest BCUT2D eigenvalue weighted by Gasteiger charge is -2.21. The van der Waals surface area contributed by atoms with E-state index in [2.05, 4.69) is 103 Å². The molecule has 4 aromatic rings. The molecule has 0 radical (unpaired) electrons. The van der Waals surface area contributed by atoms with Gasteiger partial charge < -0.3 is 0 Å². The van der Waals surface area contributed by atoms with E-state index in [1.54, 1.807) is 0 Å². The maximum absolute atomic E-state index is 2.34. The minimum atomic E-state index is 0.417. The highest BCUT2D eigenvalue weighted by Crippen LogP contribution is 2.38. The molecule has 0 amide bonds.